The summed E-state index contributed by atoms with van der Waals surface area (Å²) in [7, 11) is 2.40. The van der Waals surface area contributed by atoms with E-state index in [1.54, 1.807) is 13.8 Å². The van der Waals surface area contributed by atoms with Crippen LogP contribution in [0.1, 0.15) is 13.8 Å². The third kappa shape index (κ3) is 5.51. The van der Waals surface area contributed by atoms with Crippen LogP contribution in [0.2, 0.25) is 0 Å². The SMILES string of the molecule is C=CC(=O)OC(C)(C)P. The second kappa shape index (κ2) is 2.98. The molecule has 1 unspecified atom stereocenters. The first-order valence-electron chi connectivity index (χ1n) is 2.60. The van der Waals surface area contributed by atoms with Crippen molar-refractivity contribution in [3.63, 3.8) is 0 Å². The molecule has 2 nitrogen and oxygen atoms in total. The zero-order valence-electron chi connectivity index (χ0n) is 5.68. The van der Waals surface area contributed by atoms with Crippen molar-refractivity contribution >= 4 is 15.2 Å². The van der Waals surface area contributed by atoms with Gasteiger partial charge in [0.05, 0.1) is 0 Å². The second-order valence-electron chi connectivity index (χ2n) is 2.23. The summed E-state index contributed by atoms with van der Waals surface area (Å²) in [5, 5.41) is -0.481. The van der Waals surface area contributed by atoms with Crippen LogP contribution in [0.3, 0.4) is 0 Å². The molecule has 0 aromatic carbocycles. The van der Waals surface area contributed by atoms with Crippen molar-refractivity contribution in [3.8, 4) is 0 Å². The topological polar surface area (TPSA) is 26.3 Å². The highest BCUT2D eigenvalue weighted by molar-refractivity contribution is 7.18. The Kier molecular flexibility index (Phi) is 2.86. The summed E-state index contributed by atoms with van der Waals surface area (Å²) in [6, 6.07) is 0. The van der Waals surface area contributed by atoms with Crippen LogP contribution in [0.5, 0.6) is 0 Å². The fraction of sp³-hybridized carbons (Fsp3) is 0.500. The van der Waals surface area contributed by atoms with Crippen LogP contribution in [0.25, 0.3) is 0 Å². The number of rotatable bonds is 2. The van der Waals surface area contributed by atoms with Crippen molar-refractivity contribution in [1.82, 2.24) is 0 Å². The maximum Gasteiger partial charge on any atom is 0.331 e. The Bertz CT molecular complexity index is 124. The molecule has 0 bridgehead atoms. The van der Waals surface area contributed by atoms with Gasteiger partial charge in [0, 0.05) is 6.08 Å². The Hall–Kier alpha value is -0.360. The molecule has 0 rings (SSSR count). The molecule has 0 aliphatic carbocycles. The van der Waals surface area contributed by atoms with Crippen LogP contribution in [0.15, 0.2) is 12.7 Å². The second-order valence-corrected chi connectivity index (χ2v) is 3.62. The third-order valence-corrected chi connectivity index (χ3v) is 0.648. The van der Waals surface area contributed by atoms with Gasteiger partial charge in [-0.3, -0.25) is 0 Å². The van der Waals surface area contributed by atoms with E-state index < -0.39 is 11.3 Å². The minimum Gasteiger partial charge on any atom is -0.453 e. The minimum absolute atomic E-state index is 0.394. The van der Waals surface area contributed by atoms with E-state index in [1.807, 2.05) is 0 Å². The van der Waals surface area contributed by atoms with Crippen molar-refractivity contribution in [1.29, 1.82) is 0 Å². The zero-order valence-corrected chi connectivity index (χ0v) is 6.83. The molecular weight excluding hydrogens is 135 g/mol. The van der Waals surface area contributed by atoms with E-state index in [9.17, 15) is 4.79 Å². The molecule has 0 aliphatic heterocycles. The fourth-order valence-corrected chi connectivity index (χ4v) is 0.417. The quantitative estimate of drug-likeness (QED) is 0.333. The van der Waals surface area contributed by atoms with Gasteiger partial charge in [-0.25, -0.2) is 4.79 Å². The van der Waals surface area contributed by atoms with Gasteiger partial charge in [-0.1, -0.05) is 15.8 Å². The van der Waals surface area contributed by atoms with Gasteiger partial charge >= 0.3 is 5.97 Å². The number of hydrogen-bond acceptors (Lipinski definition) is 2. The van der Waals surface area contributed by atoms with Gasteiger partial charge in [0.1, 0.15) is 5.34 Å². The van der Waals surface area contributed by atoms with Crippen molar-refractivity contribution in [3.05, 3.63) is 12.7 Å². The minimum atomic E-state index is -0.481. The van der Waals surface area contributed by atoms with Gasteiger partial charge in [0.15, 0.2) is 0 Å². The molecule has 0 saturated heterocycles. The summed E-state index contributed by atoms with van der Waals surface area (Å²) in [6.07, 6.45) is 1.14. The molecule has 3 heteroatoms. The van der Waals surface area contributed by atoms with Gasteiger partial charge in [0.2, 0.25) is 0 Å². The van der Waals surface area contributed by atoms with Crippen LogP contribution in [0.4, 0.5) is 0 Å². The van der Waals surface area contributed by atoms with Crippen molar-refractivity contribution in [2.45, 2.75) is 19.2 Å². The van der Waals surface area contributed by atoms with Crippen LogP contribution in [-0.2, 0) is 9.53 Å². The number of esters is 1. The number of ether oxygens (including phenoxy) is 1. The summed E-state index contributed by atoms with van der Waals surface area (Å²) in [5.74, 6) is -0.394. The first kappa shape index (κ1) is 8.64. The molecule has 1 atom stereocenters. The molecule has 52 valence electrons. The molecule has 0 saturated carbocycles. The first-order valence-corrected chi connectivity index (χ1v) is 3.18. The highest BCUT2D eigenvalue weighted by Crippen LogP contribution is 2.17. The predicted octanol–water partition coefficient (Wildman–Crippen LogP) is 1.33. The van der Waals surface area contributed by atoms with Gasteiger partial charge in [-0.05, 0) is 13.8 Å². The molecule has 0 spiro atoms. The number of carbonyl (C=O) groups is 1. The van der Waals surface area contributed by atoms with E-state index in [1.165, 1.54) is 0 Å². The van der Waals surface area contributed by atoms with E-state index in [0.29, 0.717) is 0 Å². The molecule has 0 aliphatic rings. The molecule has 0 radical (unpaired) electrons. The Balaban J connectivity index is 3.74. The summed E-state index contributed by atoms with van der Waals surface area (Å²) >= 11 is 0. The summed E-state index contributed by atoms with van der Waals surface area (Å²) in [4.78, 5) is 10.5. The Morgan fingerprint density at radius 1 is 1.78 bits per heavy atom. The Morgan fingerprint density at radius 2 is 2.22 bits per heavy atom. The molecular formula is C6H11O2P. The van der Waals surface area contributed by atoms with E-state index in [0.717, 1.165) is 6.08 Å². The van der Waals surface area contributed by atoms with E-state index in [2.05, 4.69) is 15.8 Å². The number of carbonyl (C=O) groups excluding carboxylic acids is 1. The lowest BCUT2D eigenvalue weighted by molar-refractivity contribution is -0.143. The lowest BCUT2D eigenvalue weighted by Crippen LogP contribution is -2.18. The maximum atomic E-state index is 10.5. The summed E-state index contributed by atoms with van der Waals surface area (Å²) in [5.41, 5.74) is 0. The standard InChI is InChI=1S/C6H11O2P/c1-4-5(7)8-6(2,3)9/h4H,1,9H2,2-3H3. The average Bonchev–Trinajstić information content (AvgIpc) is 1.62. The first-order chi connectivity index (χ1) is 3.95. The molecule has 0 fully saturated rings. The fourth-order valence-electron chi connectivity index (χ4n) is 0.301. The van der Waals surface area contributed by atoms with Gasteiger partial charge < -0.3 is 4.74 Å². The molecule has 0 N–H and O–H groups in total. The number of hydrogen-bond donors (Lipinski definition) is 0. The van der Waals surface area contributed by atoms with Gasteiger partial charge in [0.25, 0.3) is 0 Å². The van der Waals surface area contributed by atoms with Crippen molar-refractivity contribution in [2.24, 2.45) is 0 Å². The summed E-state index contributed by atoms with van der Waals surface area (Å²) in [6.45, 7) is 6.81. The molecule has 0 heterocycles. The average molecular weight is 146 g/mol. The lowest BCUT2D eigenvalue weighted by Gasteiger charge is -2.17. The molecule has 9 heavy (non-hydrogen) atoms. The van der Waals surface area contributed by atoms with E-state index in [4.69, 9.17) is 4.74 Å². The maximum absolute atomic E-state index is 10.5. The lowest BCUT2D eigenvalue weighted by atomic mass is 10.4. The van der Waals surface area contributed by atoms with Crippen LogP contribution in [-0.4, -0.2) is 11.3 Å². The summed E-state index contributed by atoms with van der Waals surface area (Å²) < 4.78 is 4.79. The van der Waals surface area contributed by atoms with Gasteiger partial charge in [-0.2, -0.15) is 0 Å². The van der Waals surface area contributed by atoms with E-state index in [-0.39, 0.29) is 0 Å². The Labute approximate surface area is 57.5 Å². The molecule has 0 amide bonds. The normalized spacial score (nSPS) is 10.6. The van der Waals surface area contributed by atoms with E-state index >= 15 is 0 Å². The monoisotopic (exact) mass is 146 g/mol. The molecule has 0 aromatic heterocycles. The van der Waals surface area contributed by atoms with Crippen LogP contribution >= 0.6 is 9.24 Å². The van der Waals surface area contributed by atoms with Crippen molar-refractivity contribution in [2.75, 3.05) is 0 Å². The third-order valence-electron chi connectivity index (χ3n) is 0.530. The largest absolute Gasteiger partial charge is 0.453 e. The highest BCUT2D eigenvalue weighted by Gasteiger charge is 2.13. The zero-order chi connectivity index (χ0) is 7.49. The predicted molar refractivity (Wildman–Crippen MR) is 40.1 cm³/mol. The van der Waals surface area contributed by atoms with Crippen LogP contribution < -0.4 is 0 Å². The highest BCUT2D eigenvalue weighted by atomic mass is 31.0. The molecule has 0 aromatic rings. The van der Waals surface area contributed by atoms with Crippen molar-refractivity contribution < 1.29 is 9.53 Å². The van der Waals surface area contributed by atoms with Gasteiger partial charge in [-0.15, -0.1) is 0 Å². The Morgan fingerprint density at radius 3 is 2.33 bits per heavy atom. The smallest absolute Gasteiger partial charge is 0.331 e. The van der Waals surface area contributed by atoms with Crippen LogP contribution in [0, 0.1) is 0 Å².